The summed E-state index contributed by atoms with van der Waals surface area (Å²) in [5.74, 6) is 0.320. The Balaban J connectivity index is 1.46. The zero-order valence-corrected chi connectivity index (χ0v) is 22.4. The molecular formula is C27H32N6O3S. The number of aryl methyl sites for hydroxylation is 1. The summed E-state index contributed by atoms with van der Waals surface area (Å²) in [4.78, 5) is 52.6. The second kappa shape index (κ2) is 10.1. The van der Waals surface area contributed by atoms with Crippen LogP contribution >= 0.6 is 11.3 Å². The van der Waals surface area contributed by atoms with Crippen molar-refractivity contribution in [2.24, 2.45) is 5.92 Å². The standard InChI is InChI=1S/C27H32N6O3S/c1-5-21(34)32-10-6-7-17(14-32)30-25(35)24-23-22-19(8-9-28-26(22)37-24)33(27(36)31-23)20-13-29-18(11-15(2)3)12-16(20)4/h8-9,12-13,15,17H,5-7,10-11,14H2,1-4H3,(H,30,35)(H,31,36)/t17-/m1/s1. The van der Waals surface area contributed by atoms with Crippen LogP contribution in [0.4, 0.5) is 21.9 Å². The van der Waals surface area contributed by atoms with Crippen molar-refractivity contribution in [1.29, 1.82) is 0 Å². The van der Waals surface area contributed by atoms with Gasteiger partial charge in [0, 0.05) is 37.4 Å². The fourth-order valence-corrected chi connectivity index (χ4v) is 6.17. The third-order valence-electron chi connectivity index (χ3n) is 6.86. The molecule has 10 heteroatoms. The van der Waals surface area contributed by atoms with Crippen LogP contribution < -0.4 is 15.5 Å². The molecule has 37 heavy (non-hydrogen) atoms. The van der Waals surface area contributed by atoms with E-state index in [4.69, 9.17) is 0 Å². The lowest BCUT2D eigenvalue weighted by molar-refractivity contribution is -0.132. The van der Waals surface area contributed by atoms with E-state index in [0.717, 1.165) is 42.5 Å². The molecule has 0 radical (unpaired) electrons. The average Bonchev–Trinajstić information content (AvgIpc) is 3.24. The van der Waals surface area contributed by atoms with E-state index in [0.29, 0.717) is 45.7 Å². The summed E-state index contributed by atoms with van der Waals surface area (Å²) in [6, 6.07) is 3.36. The molecule has 3 aromatic heterocycles. The maximum absolute atomic E-state index is 13.4. The smallest absolute Gasteiger partial charge is 0.331 e. The first-order chi connectivity index (χ1) is 17.8. The summed E-state index contributed by atoms with van der Waals surface area (Å²) in [6.07, 6.45) is 6.38. The lowest BCUT2D eigenvalue weighted by atomic mass is 10.0. The molecule has 0 saturated carbocycles. The Labute approximate surface area is 220 Å². The minimum absolute atomic E-state index is 0.0964. The number of hydrogen-bond donors (Lipinski definition) is 2. The van der Waals surface area contributed by atoms with Crippen LogP contribution in [0, 0.1) is 12.8 Å². The number of nitrogens with zero attached hydrogens (tertiary/aromatic N) is 4. The first-order valence-electron chi connectivity index (χ1n) is 12.8. The number of carbonyl (C=O) groups is 3. The highest BCUT2D eigenvalue weighted by molar-refractivity contribution is 7.21. The molecular weight excluding hydrogens is 488 g/mol. The van der Waals surface area contributed by atoms with Crippen molar-refractivity contribution >= 4 is 56.5 Å². The van der Waals surface area contributed by atoms with E-state index in [1.54, 1.807) is 23.4 Å². The molecule has 2 aliphatic heterocycles. The van der Waals surface area contributed by atoms with Gasteiger partial charge in [0.05, 0.1) is 28.6 Å². The van der Waals surface area contributed by atoms with Gasteiger partial charge in [0.25, 0.3) is 5.91 Å². The number of hydrogen-bond acceptors (Lipinski definition) is 6. The number of piperidine rings is 1. The monoisotopic (exact) mass is 520 g/mol. The van der Waals surface area contributed by atoms with Crippen LogP contribution in [0.15, 0.2) is 24.5 Å². The Hall–Kier alpha value is -3.53. The summed E-state index contributed by atoms with van der Waals surface area (Å²) in [7, 11) is 0. The SMILES string of the molecule is CCC(=O)N1CCC[C@@H](NC(=O)c2sc3nccc4c3c2NC(=O)N4c2cnc(CC(C)C)cc2C)C1. The van der Waals surface area contributed by atoms with Crippen LogP contribution in [0.5, 0.6) is 0 Å². The number of aromatic nitrogens is 2. The van der Waals surface area contributed by atoms with Crippen molar-refractivity contribution in [1.82, 2.24) is 20.2 Å². The normalized spacial score (nSPS) is 17.3. The Morgan fingerprint density at radius 3 is 2.81 bits per heavy atom. The van der Waals surface area contributed by atoms with Gasteiger partial charge < -0.3 is 15.5 Å². The van der Waals surface area contributed by atoms with Crippen LogP contribution in [-0.4, -0.2) is 51.8 Å². The zero-order valence-electron chi connectivity index (χ0n) is 21.6. The predicted molar refractivity (Wildman–Crippen MR) is 146 cm³/mol. The number of thiophene rings is 1. The molecule has 0 unspecified atom stereocenters. The van der Waals surface area contributed by atoms with Gasteiger partial charge in [0.1, 0.15) is 9.71 Å². The molecule has 0 spiro atoms. The van der Waals surface area contributed by atoms with E-state index < -0.39 is 0 Å². The number of pyridine rings is 2. The second-order valence-corrected chi connectivity index (χ2v) is 11.1. The van der Waals surface area contributed by atoms with Crippen LogP contribution in [-0.2, 0) is 11.2 Å². The third-order valence-corrected chi connectivity index (χ3v) is 7.96. The number of anilines is 3. The number of likely N-dealkylation sites (tertiary alicyclic amines) is 1. The van der Waals surface area contributed by atoms with Crippen molar-refractivity contribution in [3.63, 3.8) is 0 Å². The van der Waals surface area contributed by atoms with Crippen LogP contribution in [0.3, 0.4) is 0 Å². The van der Waals surface area contributed by atoms with Crippen molar-refractivity contribution in [2.75, 3.05) is 23.3 Å². The maximum atomic E-state index is 13.4. The first kappa shape index (κ1) is 25.1. The topological polar surface area (TPSA) is 108 Å². The largest absolute Gasteiger partial charge is 0.347 e. The number of carbonyl (C=O) groups excluding carboxylic acids is 3. The van der Waals surface area contributed by atoms with Gasteiger partial charge in [-0.3, -0.25) is 19.5 Å². The molecule has 0 aromatic carbocycles. The van der Waals surface area contributed by atoms with E-state index in [2.05, 4.69) is 34.4 Å². The van der Waals surface area contributed by atoms with Gasteiger partial charge in [-0.05, 0) is 49.8 Å². The molecule has 2 aliphatic rings. The Morgan fingerprint density at radius 1 is 1.27 bits per heavy atom. The number of urea groups is 1. The molecule has 0 bridgehead atoms. The fraction of sp³-hybridized carbons (Fsp3) is 0.444. The highest BCUT2D eigenvalue weighted by Crippen LogP contribution is 2.46. The molecule has 0 aliphatic carbocycles. The molecule has 1 fully saturated rings. The van der Waals surface area contributed by atoms with Gasteiger partial charge in [0.15, 0.2) is 0 Å². The number of amides is 4. The minimum atomic E-state index is -0.341. The quantitative estimate of drug-likeness (QED) is 0.475. The maximum Gasteiger partial charge on any atom is 0.331 e. The fourth-order valence-electron chi connectivity index (χ4n) is 5.15. The van der Waals surface area contributed by atoms with Gasteiger partial charge in [-0.25, -0.2) is 9.78 Å². The molecule has 5 heterocycles. The summed E-state index contributed by atoms with van der Waals surface area (Å²) in [5.41, 5.74) is 3.80. The Kier molecular flexibility index (Phi) is 6.85. The summed E-state index contributed by atoms with van der Waals surface area (Å²) >= 11 is 1.26. The van der Waals surface area contributed by atoms with Gasteiger partial charge in [0.2, 0.25) is 5.91 Å². The first-order valence-corrected chi connectivity index (χ1v) is 13.6. The molecule has 2 N–H and O–H groups in total. The van der Waals surface area contributed by atoms with Crippen LogP contribution in [0.25, 0.3) is 10.2 Å². The van der Waals surface area contributed by atoms with Crippen LogP contribution in [0.1, 0.15) is 61.0 Å². The van der Waals surface area contributed by atoms with E-state index in [-0.39, 0.29) is 23.9 Å². The van der Waals surface area contributed by atoms with E-state index in [1.165, 1.54) is 11.3 Å². The van der Waals surface area contributed by atoms with Crippen molar-refractivity contribution < 1.29 is 14.4 Å². The number of nitrogens with one attached hydrogen (secondary N) is 2. The number of rotatable bonds is 6. The molecule has 3 aromatic rings. The molecule has 194 valence electrons. The predicted octanol–water partition coefficient (Wildman–Crippen LogP) is 5.01. The van der Waals surface area contributed by atoms with E-state index >= 15 is 0 Å². The van der Waals surface area contributed by atoms with E-state index in [9.17, 15) is 14.4 Å². The van der Waals surface area contributed by atoms with Gasteiger partial charge in [-0.15, -0.1) is 11.3 Å². The summed E-state index contributed by atoms with van der Waals surface area (Å²) in [6.45, 7) is 9.35. The Bertz CT molecular complexity index is 1380. The van der Waals surface area contributed by atoms with Crippen LogP contribution in [0.2, 0.25) is 0 Å². The zero-order chi connectivity index (χ0) is 26.3. The lowest BCUT2D eigenvalue weighted by Crippen LogP contribution is -2.49. The van der Waals surface area contributed by atoms with Crippen molar-refractivity contribution in [3.8, 4) is 0 Å². The summed E-state index contributed by atoms with van der Waals surface area (Å²) < 4.78 is 0. The highest BCUT2D eigenvalue weighted by atomic mass is 32.1. The van der Waals surface area contributed by atoms with Crippen molar-refractivity contribution in [2.45, 2.75) is 59.4 Å². The minimum Gasteiger partial charge on any atom is -0.347 e. The second-order valence-electron chi connectivity index (χ2n) is 10.1. The highest BCUT2D eigenvalue weighted by Gasteiger charge is 2.34. The lowest BCUT2D eigenvalue weighted by Gasteiger charge is -2.33. The molecule has 1 saturated heterocycles. The molecule has 1 atom stereocenters. The Morgan fingerprint density at radius 2 is 2.08 bits per heavy atom. The van der Waals surface area contributed by atoms with Gasteiger partial charge in [-0.2, -0.15) is 0 Å². The molecule has 9 nitrogen and oxygen atoms in total. The molecule has 5 rings (SSSR count). The third kappa shape index (κ3) is 4.77. The van der Waals surface area contributed by atoms with Gasteiger partial charge in [-0.1, -0.05) is 20.8 Å². The average molecular weight is 521 g/mol. The summed E-state index contributed by atoms with van der Waals surface area (Å²) in [5, 5.41) is 6.79. The molecule has 4 amide bonds. The van der Waals surface area contributed by atoms with Crippen molar-refractivity contribution in [3.05, 3.63) is 40.7 Å². The van der Waals surface area contributed by atoms with E-state index in [1.807, 2.05) is 24.8 Å². The van der Waals surface area contributed by atoms with Gasteiger partial charge >= 0.3 is 6.03 Å².